The maximum absolute atomic E-state index is 12.1. The number of ether oxygens (including phenoxy) is 2. The number of carbonyl (C=O) groups excluding carboxylic acids is 2. The van der Waals surface area contributed by atoms with Gasteiger partial charge in [-0.2, -0.15) is 0 Å². The molecule has 6 heteroatoms. The second kappa shape index (κ2) is 9.25. The van der Waals surface area contributed by atoms with Crippen molar-refractivity contribution in [3.8, 4) is 5.75 Å². The highest BCUT2D eigenvalue weighted by atomic mass is 35.5. The molecule has 0 bridgehead atoms. The Balaban J connectivity index is 1.88. The molecule has 0 saturated carbocycles. The van der Waals surface area contributed by atoms with E-state index in [1.165, 1.54) is 0 Å². The highest BCUT2D eigenvalue weighted by Crippen LogP contribution is 2.17. The number of benzene rings is 2. The normalized spacial score (nSPS) is 11.7. The topological polar surface area (TPSA) is 64.6 Å². The van der Waals surface area contributed by atoms with Gasteiger partial charge in [0.25, 0.3) is 5.91 Å². The molecule has 2 aromatic carbocycles. The van der Waals surface area contributed by atoms with E-state index < -0.39 is 12.1 Å². The van der Waals surface area contributed by atoms with E-state index in [1.54, 1.807) is 55.5 Å². The van der Waals surface area contributed by atoms with Gasteiger partial charge >= 0.3 is 5.97 Å². The van der Waals surface area contributed by atoms with Crippen molar-refractivity contribution in [1.29, 1.82) is 0 Å². The zero-order valence-electron chi connectivity index (χ0n) is 15.0. The first-order valence-corrected chi connectivity index (χ1v) is 8.71. The number of amides is 1. The monoisotopic (exact) mass is 375 g/mol. The average Bonchev–Trinajstić information content (AvgIpc) is 2.61. The highest BCUT2D eigenvalue weighted by molar-refractivity contribution is 6.30. The van der Waals surface area contributed by atoms with Crippen molar-refractivity contribution < 1.29 is 19.1 Å². The van der Waals surface area contributed by atoms with E-state index in [-0.39, 0.29) is 11.9 Å². The molecule has 0 aliphatic carbocycles. The van der Waals surface area contributed by atoms with E-state index in [2.05, 4.69) is 5.32 Å². The van der Waals surface area contributed by atoms with Crippen LogP contribution in [0.4, 0.5) is 0 Å². The molecular formula is C20H22ClNO4. The van der Waals surface area contributed by atoms with E-state index >= 15 is 0 Å². The van der Waals surface area contributed by atoms with E-state index in [4.69, 9.17) is 21.1 Å². The van der Waals surface area contributed by atoms with Gasteiger partial charge in [-0.15, -0.1) is 0 Å². The van der Waals surface area contributed by atoms with Crippen LogP contribution in [0.15, 0.2) is 48.5 Å². The van der Waals surface area contributed by atoms with Crippen molar-refractivity contribution >= 4 is 23.5 Å². The van der Waals surface area contributed by atoms with Gasteiger partial charge in [-0.3, -0.25) is 4.79 Å². The lowest BCUT2D eigenvalue weighted by Gasteiger charge is -2.15. The molecule has 0 spiro atoms. The minimum Gasteiger partial charge on any atom is -0.489 e. The third kappa shape index (κ3) is 6.08. The lowest BCUT2D eigenvalue weighted by atomic mass is 10.1. The number of hydrogen-bond donors (Lipinski definition) is 1. The number of rotatable bonds is 7. The average molecular weight is 376 g/mol. The smallest absolute Gasteiger partial charge is 0.338 e. The van der Waals surface area contributed by atoms with Crippen molar-refractivity contribution in [2.24, 2.45) is 0 Å². The van der Waals surface area contributed by atoms with Gasteiger partial charge in [0.05, 0.1) is 5.56 Å². The summed E-state index contributed by atoms with van der Waals surface area (Å²) in [5.41, 5.74) is 1.28. The Bertz CT molecular complexity index is 741. The molecule has 5 nitrogen and oxygen atoms in total. The molecule has 2 aromatic rings. The van der Waals surface area contributed by atoms with Crippen molar-refractivity contribution in [3.63, 3.8) is 0 Å². The predicted molar refractivity (Wildman–Crippen MR) is 100 cm³/mol. The Morgan fingerprint density at radius 2 is 1.62 bits per heavy atom. The van der Waals surface area contributed by atoms with Gasteiger partial charge in [0.15, 0.2) is 6.10 Å². The van der Waals surface area contributed by atoms with Gasteiger partial charge in [-0.05, 0) is 62.7 Å². The van der Waals surface area contributed by atoms with Crippen LogP contribution in [0.3, 0.4) is 0 Å². The quantitative estimate of drug-likeness (QED) is 0.743. The molecule has 0 aliphatic heterocycles. The van der Waals surface area contributed by atoms with Crippen LogP contribution in [0.1, 0.15) is 36.7 Å². The number of carbonyl (C=O) groups is 2. The minimum absolute atomic E-state index is 0.0106. The summed E-state index contributed by atoms with van der Waals surface area (Å²) in [5.74, 6) is -0.147. The summed E-state index contributed by atoms with van der Waals surface area (Å²) in [6, 6.07) is 13.9. The van der Waals surface area contributed by atoms with Crippen LogP contribution >= 0.6 is 11.6 Å². The summed E-state index contributed by atoms with van der Waals surface area (Å²) in [7, 11) is 0. The van der Waals surface area contributed by atoms with Crippen molar-refractivity contribution in [2.75, 3.05) is 0 Å². The van der Waals surface area contributed by atoms with Crippen LogP contribution in [-0.4, -0.2) is 24.0 Å². The number of esters is 1. The molecule has 0 heterocycles. The Labute approximate surface area is 158 Å². The summed E-state index contributed by atoms with van der Waals surface area (Å²) in [6.45, 7) is 5.60. The van der Waals surface area contributed by atoms with Gasteiger partial charge in [0, 0.05) is 11.1 Å². The maximum atomic E-state index is 12.1. The molecule has 138 valence electrons. The molecule has 0 aliphatic rings. The van der Waals surface area contributed by atoms with Gasteiger partial charge in [0.1, 0.15) is 12.4 Å². The van der Waals surface area contributed by atoms with Crippen LogP contribution in [0.25, 0.3) is 0 Å². The molecule has 2 rings (SSSR count). The number of hydrogen-bond acceptors (Lipinski definition) is 4. The molecular weight excluding hydrogens is 354 g/mol. The summed E-state index contributed by atoms with van der Waals surface area (Å²) < 4.78 is 10.8. The largest absolute Gasteiger partial charge is 0.489 e. The molecule has 0 saturated heterocycles. The summed E-state index contributed by atoms with van der Waals surface area (Å²) in [4.78, 5) is 23.9. The highest BCUT2D eigenvalue weighted by Gasteiger charge is 2.19. The lowest BCUT2D eigenvalue weighted by Crippen LogP contribution is -2.39. The molecule has 1 N–H and O–H groups in total. The summed E-state index contributed by atoms with van der Waals surface area (Å²) in [5, 5.41) is 3.35. The van der Waals surface area contributed by atoms with Gasteiger partial charge in [-0.1, -0.05) is 23.7 Å². The van der Waals surface area contributed by atoms with Crippen LogP contribution in [0, 0.1) is 0 Å². The molecule has 0 unspecified atom stereocenters. The minimum atomic E-state index is -0.849. The summed E-state index contributed by atoms with van der Waals surface area (Å²) in [6.07, 6.45) is -0.849. The van der Waals surface area contributed by atoms with Crippen LogP contribution in [0.2, 0.25) is 5.02 Å². The standard InChI is InChI=1S/C20H22ClNO4/c1-13(2)22-19(23)14(3)26-20(24)16-6-4-15(5-7-16)12-25-18-10-8-17(21)9-11-18/h4-11,13-14H,12H2,1-3H3,(H,22,23)/t14-/m1/s1. The second-order valence-corrected chi connectivity index (χ2v) is 6.59. The third-order valence-electron chi connectivity index (χ3n) is 3.49. The predicted octanol–water partition coefficient (Wildman–Crippen LogP) is 3.99. The van der Waals surface area contributed by atoms with Crippen LogP contribution < -0.4 is 10.1 Å². The SMILES string of the molecule is CC(C)NC(=O)[C@@H](C)OC(=O)c1ccc(COc2ccc(Cl)cc2)cc1. The van der Waals surface area contributed by atoms with Crippen molar-refractivity contribution in [3.05, 3.63) is 64.7 Å². The zero-order chi connectivity index (χ0) is 19.1. The molecule has 0 fully saturated rings. The molecule has 26 heavy (non-hydrogen) atoms. The molecule has 0 radical (unpaired) electrons. The fraction of sp³-hybridized carbons (Fsp3) is 0.300. The number of halogens is 1. The maximum Gasteiger partial charge on any atom is 0.338 e. The van der Waals surface area contributed by atoms with Gasteiger partial charge < -0.3 is 14.8 Å². The van der Waals surface area contributed by atoms with Crippen LogP contribution in [-0.2, 0) is 16.1 Å². The first-order chi connectivity index (χ1) is 12.3. The Morgan fingerprint density at radius 3 is 2.19 bits per heavy atom. The first kappa shape index (κ1) is 19.8. The fourth-order valence-corrected chi connectivity index (χ4v) is 2.24. The fourth-order valence-electron chi connectivity index (χ4n) is 2.12. The van der Waals surface area contributed by atoms with Crippen molar-refractivity contribution in [1.82, 2.24) is 5.32 Å². The lowest BCUT2D eigenvalue weighted by molar-refractivity contribution is -0.129. The first-order valence-electron chi connectivity index (χ1n) is 8.34. The Kier molecular flexibility index (Phi) is 7.04. The molecule has 0 aromatic heterocycles. The van der Waals surface area contributed by atoms with Crippen LogP contribution in [0.5, 0.6) is 5.75 Å². The summed E-state index contributed by atoms with van der Waals surface area (Å²) >= 11 is 5.83. The van der Waals surface area contributed by atoms with E-state index in [9.17, 15) is 9.59 Å². The van der Waals surface area contributed by atoms with E-state index in [1.807, 2.05) is 13.8 Å². The van der Waals surface area contributed by atoms with Gasteiger partial charge in [-0.25, -0.2) is 4.79 Å². The molecule has 1 atom stereocenters. The molecule has 1 amide bonds. The van der Waals surface area contributed by atoms with E-state index in [0.717, 1.165) is 5.56 Å². The van der Waals surface area contributed by atoms with E-state index in [0.29, 0.717) is 22.9 Å². The Morgan fingerprint density at radius 1 is 1.00 bits per heavy atom. The third-order valence-corrected chi connectivity index (χ3v) is 3.74. The zero-order valence-corrected chi connectivity index (χ0v) is 15.7. The van der Waals surface area contributed by atoms with Crippen molar-refractivity contribution in [2.45, 2.75) is 39.5 Å². The second-order valence-electron chi connectivity index (χ2n) is 6.15. The van der Waals surface area contributed by atoms with Gasteiger partial charge in [0.2, 0.25) is 0 Å². The Hall–Kier alpha value is -2.53. The number of nitrogens with one attached hydrogen (secondary N) is 1.